The van der Waals surface area contributed by atoms with Crippen LogP contribution < -0.4 is 10.6 Å². The Morgan fingerprint density at radius 1 is 1.45 bits per heavy atom. The van der Waals surface area contributed by atoms with Crippen molar-refractivity contribution >= 4 is 17.9 Å². The fourth-order valence-electron chi connectivity index (χ4n) is 1.37. The summed E-state index contributed by atoms with van der Waals surface area (Å²) in [6.45, 7) is 9.31. The number of hydrogen-bond donors (Lipinski definition) is 2. The van der Waals surface area contributed by atoms with Crippen LogP contribution in [0, 0.1) is 0 Å². The van der Waals surface area contributed by atoms with Gasteiger partial charge < -0.3 is 19.8 Å². The van der Waals surface area contributed by atoms with Gasteiger partial charge in [0.05, 0.1) is 6.61 Å². The molecule has 0 aromatic carbocycles. The summed E-state index contributed by atoms with van der Waals surface area (Å²) in [4.78, 5) is 27.2. The number of oxazole rings is 1. The molecule has 1 aromatic heterocycles. The van der Waals surface area contributed by atoms with Gasteiger partial charge in [-0.3, -0.25) is 4.79 Å². The van der Waals surface area contributed by atoms with Crippen LogP contribution in [0.4, 0.5) is 6.01 Å². The average Bonchev–Trinajstić information content (AvgIpc) is 2.75. The Bertz CT molecular complexity index is 476. The molecule has 7 heteroatoms. The van der Waals surface area contributed by atoms with E-state index in [1.807, 2.05) is 20.8 Å². The van der Waals surface area contributed by atoms with Gasteiger partial charge in [-0.2, -0.15) is 4.98 Å². The lowest BCUT2D eigenvalue weighted by molar-refractivity contribution is -0.122. The molecule has 2 N–H and O–H groups in total. The Balaban J connectivity index is 2.60. The summed E-state index contributed by atoms with van der Waals surface area (Å²) in [5.74, 6) is -0.746. The highest BCUT2D eigenvalue weighted by atomic mass is 16.5. The largest absolute Gasteiger partial charge is 0.461 e. The summed E-state index contributed by atoms with van der Waals surface area (Å²) in [6.07, 6.45) is 1.19. The lowest BCUT2D eigenvalue weighted by atomic mass is 10.1. The zero-order valence-electron chi connectivity index (χ0n) is 12.4. The van der Waals surface area contributed by atoms with Crippen LogP contribution in [0.3, 0.4) is 0 Å². The molecule has 1 rings (SSSR count). The molecule has 0 bridgehead atoms. The molecule has 1 aromatic rings. The number of rotatable bonds is 5. The lowest BCUT2D eigenvalue weighted by Crippen LogP contribution is -2.47. The van der Waals surface area contributed by atoms with Crippen molar-refractivity contribution in [1.82, 2.24) is 10.3 Å². The van der Waals surface area contributed by atoms with E-state index in [1.54, 1.807) is 13.8 Å². The number of nitrogens with one attached hydrogen (secondary N) is 2. The quantitative estimate of drug-likeness (QED) is 0.797. The maximum Gasteiger partial charge on any atom is 0.360 e. The Morgan fingerprint density at radius 2 is 2.10 bits per heavy atom. The minimum atomic E-state index is -0.559. The topological polar surface area (TPSA) is 93.5 Å². The molecule has 0 aliphatic carbocycles. The van der Waals surface area contributed by atoms with Gasteiger partial charge in [-0.1, -0.05) is 0 Å². The van der Waals surface area contributed by atoms with Crippen LogP contribution in [0.15, 0.2) is 10.7 Å². The molecule has 0 aliphatic rings. The molecule has 0 spiro atoms. The molecule has 1 unspecified atom stereocenters. The van der Waals surface area contributed by atoms with E-state index in [9.17, 15) is 9.59 Å². The number of carbonyl (C=O) groups excluding carboxylic acids is 2. The number of carbonyl (C=O) groups is 2. The van der Waals surface area contributed by atoms with E-state index in [1.165, 1.54) is 6.26 Å². The van der Waals surface area contributed by atoms with Gasteiger partial charge in [-0.15, -0.1) is 0 Å². The Morgan fingerprint density at radius 3 is 2.65 bits per heavy atom. The molecule has 7 nitrogen and oxygen atoms in total. The van der Waals surface area contributed by atoms with E-state index < -0.39 is 12.0 Å². The monoisotopic (exact) mass is 283 g/mol. The van der Waals surface area contributed by atoms with Gasteiger partial charge >= 0.3 is 5.97 Å². The van der Waals surface area contributed by atoms with Crippen molar-refractivity contribution < 1.29 is 18.7 Å². The second kappa shape index (κ2) is 6.40. The molecule has 0 saturated heterocycles. The van der Waals surface area contributed by atoms with E-state index in [0.717, 1.165) is 0 Å². The molecule has 1 amide bonds. The van der Waals surface area contributed by atoms with Crippen molar-refractivity contribution in [3.8, 4) is 0 Å². The molecule has 1 atom stereocenters. The van der Waals surface area contributed by atoms with E-state index in [0.29, 0.717) is 0 Å². The smallest absolute Gasteiger partial charge is 0.360 e. The fraction of sp³-hybridized carbons (Fsp3) is 0.615. The minimum absolute atomic E-state index is 0.0674. The first-order valence-electron chi connectivity index (χ1n) is 6.44. The van der Waals surface area contributed by atoms with Crippen molar-refractivity contribution in [2.75, 3.05) is 11.9 Å². The summed E-state index contributed by atoms with van der Waals surface area (Å²) >= 11 is 0. The number of aromatic nitrogens is 1. The highest BCUT2D eigenvalue weighted by molar-refractivity contribution is 5.87. The summed E-state index contributed by atoms with van der Waals surface area (Å²) in [7, 11) is 0. The number of amides is 1. The second-order valence-electron chi connectivity index (χ2n) is 5.36. The predicted octanol–water partition coefficient (Wildman–Crippen LogP) is 1.57. The summed E-state index contributed by atoms with van der Waals surface area (Å²) in [6, 6.07) is -0.437. The first-order valence-corrected chi connectivity index (χ1v) is 6.44. The van der Waals surface area contributed by atoms with Gasteiger partial charge in [-0.05, 0) is 34.6 Å². The van der Waals surface area contributed by atoms with Crippen molar-refractivity contribution in [2.45, 2.75) is 46.2 Å². The van der Waals surface area contributed by atoms with Gasteiger partial charge in [0.15, 0.2) is 5.69 Å². The van der Waals surface area contributed by atoms with Crippen molar-refractivity contribution in [3.63, 3.8) is 0 Å². The molecule has 0 radical (unpaired) electrons. The number of anilines is 1. The van der Waals surface area contributed by atoms with Crippen molar-refractivity contribution in [2.24, 2.45) is 0 Å². The normalized spacial score (nSPS) is 12.7. The van der Waals surface area contributed by atoms with Crippen LogP contribution >= 0.6 is 0 Å². The Kier molecular flexibility index (Phi) is 5.12. The lowest BCUT2D eigenvalue weighted by Gasteiger charge is -2.23. The summed E-state index contributed by atoms with van der Waals surface area (Å²) < 4.78 is 9.87. The maximum absolute atomic E-state index is 11.9. The first kappa shape index (κ1) is 16.0. The van der Waals surface area contributed by atoms with Gasteiger partial charge in [0, 0.05) is 5.54 Å². The minimum Gasteiger partial charge on any atom is -0.461 e. The third kappa shape index (κ3) is 4.91. The summed E-state index contributed by atoms with van der Waals surface area (Å²) in [5.41, 5.74) is -0.252. The second-order valence-corrected chi connectivity index (χ2v) is 5.36. The van der Waals surface area contributed by atoms with Crippen LogP contribution in [0.25, 0.3) is 0 Å². The third-order valence-electron chi connectivity index (χ3n) is 2.22. The van der Waals surface area contributed by atoms with Gasteiger partial charge in [0.25, 0.3) is 6.01 Å². The van der Waals surface area contributed by atoms with E-state index in [-0.39, 0.29) is 29.8 Å². The molecular weight excluding hydrogens is 262 g/mol. The maximum atomic E-state index is 11.9. The van der Waals surface area contributed by atoms with Gasteiger partial charge in [-0.25, -0.2) is 4.79 Å². The number of hydrogen-bond acceptors (Lipinski definition) is 6. The summed E-state index contributed by atoms with van der Waals surface area (Å²) in [5, 5.41) is 5.61. The van der Waals surface area contributed by atoms with Crippen molar-refractivity contribution in [3.05, 3.63) is 12.0 Å². The Hall–Kier alpha value is -2.05. The highest BCUT2D eigenvalue weighted by Crippen LogP contribution is 2.10. The number of esters is 1. The SMILES string of the molecule is CCOC(=O)c1coc(NC(C)C(=O)NC(C)(C)C)n1. The van der Waals surface area contributed by atoms with Crippen LogP contribution in [0.1, 0.15) is 45.1 Å². The molecule has 112 valence electrons. The zero-order valence-corrected chi connectivity index (χ0v) is 12.4. The number of ether oxygens (including phenoxy) is 1. The first-order chi connectivity index (χ1) is 9.23. The predicted molar refractivity (Wildman–Crippen MR) is 73.4 cm³/mol. The van der Waals surface area contributed by atoms with E-state index >= 15 is 0 Å². The number of nitrogens with zero attached hydrogens (tertiary/aromatic N) is 1. The molecule has 0 saturated carbocycles. The van der Waals surface area contributed by atoms with Gasteiger partial charge in [0.2, 0.25) is 5.91 Å². The zero-order chi connectivity index (χ0) is 15.3. The third-order valence-corrected chi connectivity index (χ3v) is 2.22. The molecule has 20 heavy (non-hydrogen) atoms. The van der Waals surface area contributed by atoms with E-state index in [2.05, 4.69) is 15.6 Å². The highest BCUT2D eigenvalue weighted by Gasteiger charge is 2.21. The molecule has 0 fully saturated rings. The fourth-order valence-corrected chi connectivity index (χ4v) is 1.37. The van der Waals surface area contributed by atoms with E-state index in [4.69, 9.17) is 9.15 Å². The van der Waals surface area contributed by atoms with Crippen molar-refractivity contribution in [1.29, 1.82) is 0 Å². The van der Waals surface area contributed by atoms with Crippen LogP contribution in [-0.2, 0) is 9.53 Å². The van der Waals surface area contributed by atoms with Crippen LogP contribution in [0.2, 0.25) is 0 Å². The molecule has 0 aliphatic heterocycles. The Labute approximate surface area is 118 Å². The molecular formula is C13H21N3O4. The molecule has 1 heterocycles. The van der Waals surface area contributed by atoms with Crippen LogP contribution in [0.5, 0.6) is 0 Å². The average molecular weight is 283 g/mol. The van der Waals surface area contributed by atoms with Crippen LogP contribution in [-0.4, -0.2) is 35.0 Å². The van der Waals surface area contributed by atoms with Gasteiger partial charge in [0.1, 0.15) is 12.3 Å². The standard InChI is InChI=1S/C13H21N3O4/c1-6-19-11(18)9-7-20-12(15-9)14-8(2)10(17)16-13(3,4)5/h7-8H,6H2,1-5H3,(H,14,15)(H,16,17).